The fourth-order valence-electron chi connectivity index (χ4n) is 1.51. The Kier molecular flexibility index (Phi) is 3.02. The summed E-state index contributed by atoms with van der Waals surface area (Å²) in [6.45, 7) is 6.43. The van der Waals surface area contributed by atoms with Crippen LogP contribution in [0.25, 0.3) is 11.0 Å². The highest BCUT2D eigenvalue weighted by atomic mass is 35.5. The van der Waals surface area contributed by atoms with Crippen molar-refractivity contribution >= 4 is 28.3 Å². The molecule has 3 N–H and O–H groups in total. The summed E-state index contributed by atoms with van der Waals surface area (Å²) in [5.41, 5.74) is 7.80. The molecule has 0 amide bonds. The third-order valence-electron chi connectivity index (χ3n) is 2.27. The Bertz CT molecular complexity index is 542. The van der Waals surface area contributed by atoms with Gasteiger partial charge in [0.05, 0.1) is 16.8 Å². The van der Waals surface area contributed by atoms with E-state index in [2.05, 4.69) is 9.97 Å². The Hall–Kier alpha value is -1.26. The number of hydrogen-bond donors (Lipinski definition) is 2. The Morgan fingerprint density at radius 3 is 2.76 bits per heavy atom. The molecule has 17 heavy (non-hydrogen) atoms. The van der Waals surface area contributed by atoms with Gasteiger partial charge in [-0.1, -0.05) is 11.6 Å². The second-order valence-corrected chi connectivity index (χ2v) is 5.41. The largest absolute Gasteiger partial charge is 0.397 e. The molecule has 0 spiro atoms. The van der Waals surface area contributed by atoms with Crippen molar-refractivity contribution < 1.29 is 4.74 Å². The lowest BCUT2D eigenvalue weighted by molar-refractivity contribution is -0.0177. The van der Waals surface area contributed by atoms with E-state index in [9.17, 15) is 0 Å². The lowest BCUT2D eigenvalue weighted by atomic mass is 10.2. The first kappa shape index (κ1) is 12.2. The van der Waals surface area contributed by atoms with Gasteiger partial charge in [-0.2, -0.15) is 0 Å². The Morgan fingerprint density at radius 2 is 2.12 bits per heavy atom. The van der Waals surface area contributed by atoms with Gasteiger partial charge in [0.1, 0.15) is 17.9 Å². The lowest BCUT2D eigenvalue weighted by Crippen LogP contribution is -2.19. The van der Waals surface area contributed by atoms with Crippen LogP contribution in [-0.2, 0) is 11.3 Å². The maximum absolute atomic E-state index is 5.92. The van der Waals surface area contributed by atoms with E-state index in [4.69, 9.17) is 22.1 Å². The minimum atomic E-state index is -0.192. The van der Waals surface area contributed by atoms with E-state index in [1.54, 1.807) is 12.1 Å². The standard InChI is InChI=1S/C12H16ClN3O/c1-12(2,3)17-6-10-15-9-5-7(13)4-8(14)11(9)16-10/h4-5H,6,14H2,1-3H3,(H,15,16). The zero-order chi connectivity index (χ0) is 12.6. The van der Waals surface area contributed by atoms with Gasteiger partial charge in [-0.05, 0) is 32.9 Å². The molecule has 0 unspecified atom stereocenters. The summed E-state index contributed by atoms with van der Waals surface area (Å²) >= 11 is 5.92. The van der Waals surface area contributed by atoms with E-state index < -0.39 is 0 Å². The molecule has 1 aromatic heterocycles. The van der Waals surface area contributed by atoms with Crippen LogP contribution in [0.3, 0.4) is 0 Å². The SMILES string of the molecule is CC(C)(C)OCc1nc2c(N)cc(Cl)cc2[nH]1. The van der Waals surface area contributed by atoms with Crippen molar-refractivity contribution in [2.45, 2.75) is 33.0 Å². The fourth-order valence-corrected chi connectivity index (χ4v) is 1.74. The average molecular weight is 254 g/mol. The van der Waals surface area contributed by atoms with Crippen LogP contribution in [0.15, 0.2) is 12.1 Å². The van der Waals surface area contributed by atoms with E-state index in [-0.39, 0.29) is 5.60 Å². The van der Waals surface area contributed by atoms with Gasteiger partial charge in [-0.25, -0.2) is 4.98 Å². The highest BCUT2D eigenvalue weighted by Gasteiger charge is 2.13. The van der Waals surface area contributed by atoms with Crippen molar-refractivity contribution in [3.63, 3.8) is 0 Å². The maximum Gasteiger partial charge on any atom is 0.133 e. The van der Waals surface area contributed by atoms with Gasteiger partial charge in [-0.3, -0.25) is 0 Å². The van der Waals surface area contributed by atoms with Crippen molar-refractivity contribution in [1.29, 1.82) is 0 Å². The number of halogens is 1. The van der Waals surface area contributed by atoms with Gasteiger partial charge in [0.25, 0.3) is 0 Å². The van der Waals surface area contributed by atoms with Crippen molar-refractivity contribution in [2.24, 2.45) is 0 Å². The van der Waals surface area contributed by atoms with Crippen LogP contribution in [0.1, 0.15) is 26.6 Å². The number of hydrogen-bond acceptors (Lipinski definition) is 3. The second-order valence-electron chi connectivity index (χ2n) is 4.98. The van der Waals surface area contributed by atoms with Crippen molar-refractivity contribution in [1.82, 2.24) is 9.97 Å². The lowest BCUT2D eigenvalue weighted by Gasteiger charge is -2.18. The number of H-pyrrole nitrogens is 1. The first-order valence-electron chi connectivity index (χ1n) is 5.43. The third kappa shape index (κ3) is 2.90. The van der Waals surface area contributed by atoms with Gasteiger partial charge in [0, 0.05) is 5.02 Å². The van der Waals surface area contributed by atoms with E-state index in [0.29, 0.717) is 17.3 Å². The summed E-state index contributed by atoms with van der Waals surface area (Å²) in [4.78, 5) is 7.54. The predicted molar refractivity (Wildman–Crippen MR) is 70.1 cm³/mol. The van der Waals surface area contributed by atoms with E-state index in [0.717, 1.165) is 16.9 Å². The number of nitrogens with one attached hydrogen (secondary N) is 1. The summed E-state index contributed by atoms with van der Waals surface area (Å²) in [7, 11) is 0. The van der Waals surface area contributed by atoms with Crippen LogP contribution in [0.5, 0.6) is 0 Å². The number of nitrogens with two attached hydrogens (primary N) is 1. The number of imidazole rings is 1. The van der Waals surface area contributed by atoms with Gasteiger partial charge >= 0.3 is 0 Å². The highest BCUT2D eigenvalue weighted by Crippen LogP contribution is 2.24. The van der Waals surface area contributed by atoms with E-state index in [1.165, 1.54) is 0 Å². The van der Waals surface area contributed by atoms with Gasteiger partial charge < -0.3 is 15.5 Å². The average Bonchev–Trinajstić information content (AvgIpc) is 2.56. The summed E-state index contributed by atoms with van der Waals surface area (Å²) in [6.07, 6.45) is 0. The third-order valence-corrected chi connectivity index (χ3v) is 2.49. The van der Waals surface area contributed by atoms with Crippen molar-refractivity contribution in [3.8, 4) is 0 Å². The summed E-state index contributed by atoms with van der Waals surface area (Å²) in [6, 6.07) is 3.50. The number of anilines is 1. The molecule has 0 fully saturated rings. The number of nitrogens with zero attached hydrogens (tertiary/aromatic N) is 1. The molecule has 1 heterocycles. The van der Waals surface area contributed by atoms with Gasteiger partial charge in [-0.15, -0.1) is 0 Å². The van der Waals surface area contributed by atoms with Gasteiger partial charge in [0.2, 0.25) is 0 Å². The molecule has 0 aliphatic carbocycles. The molecule has 0 bridgehead atoms. The molecule has 2 aromatic rings. The molecule has 0 aliphatic rings. The van der Waals surface area contributed by atoms with Crippen LogP contribution in [0.2, 0.25) is 5.02 Å². The topological polar surface area (TPSA) is 63.9 Å². The van der Waals surface area contributed by atoms with Crippen LogP contribution in [0, 0.1) is 0 Å². The molecule has 4 nitrogen and oxygen atoms in total. The van der Waals surface area contributed by atoms with Gasteiger partial charge in [0.15, 0.2) is 0 Å². The van der Waals surface area contributed by atoms with Crippen molar-refractivity contribution in [2.75, 3.05) is 5.73 Å². The Balaban J connectivity index is 2.29. The molecule has 0 atom stereocenters. The molecule has 1 aromatic carbocycles. The van der Waals surface area contributed by atoms with Crippen molar-refractivity contribution in [3.05, 3.63) is 23.0 Å². The van der Waals surface area contributed by atoms with Crippen LogP contribution in [0.4, 0.5) is 5.69 Å². The molecule has 0 saturated carbocycles. The molecule has 92 valence electrons. The Morgan fingerprint density at radius 1 is 1.41 bits per heavy atom. The summed E-state index contributed by atoms with van der Waals surface area (Å²) in [5.74, 6) is 0.754. The molecule has 0 aliphatic heterocycles. The number of rotatable bonds is 2. The zero-order valence-corrected chi connectivity index (χ0v) is 10.9. The number of aromatic amines is 1. The molecular formula is C12H16ClN3O. The minimum Gasteiger partial charge on any atom is -0.397 e. The minimum absolute atomic E-state index is 0.192. The molecule has 5 heteroatoms. The fraction of sp³-hybridized carbons (Fsp3) is 0.417. The number of benzene rings is 1. The number of aromatic nitrogens is 2. The van der Waals surface area contributed by atoms with Crippen LogP contribution < -0.4 is 5.73 Å². The highest BCUT2D eigenvalue weighted by molar-refractivity contribution is 6.31. The van der Waals surface area contributed by atoms with Crippen LogP contribution in [-0.4, -0.2) is 15.6 Å². The molecule has 2 rings (SSSR count). The normalized spacial score (nSPS) is 12.2. The maximum atomic E-state index is 5.92. The quantitative estimate of drug-likeness (QED) is 0.809. The number of nitrogen functional groups attached to an aromatic ring is 1. The number of ether oxygens (including phenoxy) is 1. The first-order chi connectivity index (χ1) is 7.85. The Labute approximate surface area is 105 Å². The van der Waals surface area contributed by atoms with E-state index >= 15 is 0 Å². The summed E-state index contributed by atoms with van der Waals surface area (Å²) in [5, 5.41) is 0.599. The number of fused-ring (bicyclic) bond motifs is 1. The predicted octanol–water partition coefficient (Wildman–Crippen LogP) is 3.11. The zero-order valence-electron chi connectivity index (χ0n) is 10.2. The second kappa shape index (κ2) is 4.20. The van der Waals surface area contributed by atoms with Crippen LogP contribution >= 0.6 is 11.6 Å². The monoisotopic (exact) mass is 253 g/mol. The smallest absolute Gasteiger partial charge is 0.133 e. The first-order valence-corrected chi connectivity index (χ1v) is 5.80. The molecule has 0 saturated heterocycles. The van der Waals surface area contributed by atoms with E-state index in [1.807, 2.05) is 20.8 Å². The summed E-state index contributed by atoms with van der Waals surface area (Å²) < 4.78 is 5.65. The molecule has 0 radical (unpaired) electrons. The molecular weight excluding hydrogens is 238 g/mol.